The molecule has 0 spiro atoms. The molecule has 2 aromatic rings. The molecule has 0 atom stereocenters. The van der Waals surface area contributed by atoms with Crippen LogP contribution in [0.3, 0.4) is 0 Å². The Morgan fingerprint density at radius 2 is 2.22 bits per heavy atom. The van der Waals surface area contributed by atoms with Gasteiger partial charge < -0.3 is 10.3 Å². The first kappa shape index (κ1) is 12.0. The summed E-state index contributed by atoms with van der Waals surface area (Å²) in [6, 6.07) is 0. The molecule has 0 radical (unpaired) electrons. The highest BCUT2D eigenvalue weighted by Gasteiger charge is 2.16. The number of nitrogens with zero attached hydrogens (tertiary/aromatic N) is 4. The highest BCUT2D eigenvalue weighted by Crippen LogP contribution is 2.17. The molecule has 0 aromatic carbocycles. The first-order valence-electron chi connectivity index (χ1n) is 5.28. The van der Waals surface area contributed by atoms with Crippen LogP contribution in [-0.4, -0.2) is 25.2 Å². The van der Waals surface area contributed by atoms with Crippen molar-refractivity contribution in [3.05, 3.63) is 29.0 Å². The Balaban J connectivity index is 2.84. The minimum atomic E-state index is -0.632. The molecule has 0 unspecified atom stereocenters. The summed E-state index contributed by atoms with van der Waals surface area (Å²) in [5.41, 5.74) is 6.72. The van der Waals surface area contributed by atoms with E-state index >= 15 is 0 Å². The van der Waals surface area contributed by atoms with Crippen molar-refractivity contribution in [2.75, 3.05) is 0 Å². The van der Waals surface area contributed by atoms with Crippen molar-refractivity contribution >= 4 is 22.5 Å². The van der Waals surface area contributed by atoms with Crippen LogP contribution in [0.15, 0.2) is 17.7 Å². The maximum atomic E-state index is 12.0. The lowest BCUT2D eigenvalue weighted by Gasteiger charge is -2.07. The largest absolute Gasteiger partial charge is 0.368 e. The molecule has 0 saturated carbocycles. The van der Waals surface area contributed by atoms with E-state index in [0.717, 1.165) is 4.68 Å². The molecule has 94 valence electrons. The molecular weight excluding hydrogens is 234 g/mol. The van der Waals surface area contributed by atoms with E-state index in [1.54, 1.807) is 18.5 Å². The number of imidazole rings is 1. The predicted molar refractivity (Wildman–Crippen MR) is 66.7 cm³/mol. The van der Waals surface area contributed by atoms with Gasteiger partial charge >= 0.3 is 0 Å². The third-order valence-electron chi connectivity index (χ3n) is 2.53. The zero-order valence-electron chi connectivity index (χ0n) is 10.2. The van der Waals surface area contributed by atoms with Crippen LogP contribution < -0.4 is 11.3 Å². The molecule has 0 aliphatic carbocycles. The van der Waals surface area contributed by atoms with Gasteiger partial charge in [-0.05, 0) is 12.5 Å². The minimum absolute atomic E-state index is 0.256. The first-order chi connectivity index (χ1) is 8.41. The molecule has 1 amide bonds. The van der Waals surface area contributed by atoms with Gasteiger partial charge in [0.25, 0.3) is 5.56 Å². The number of carbonyl (C=O) groups is 1. The second-order valence-corrected chi connectivity index (χ2v) is 4.11. The number of hydrogen-bond acceptors (Lipinski definition) is 4. The van der Waals surface area contributed by atoms with E-state index < -0.39 is 11.5 Å². The number of fused-ring (bicyclic) bond motifs is 1. The Labute approximate surface area is 103 Å². The van der Waals surface area contributed by atoms with E-state index in [9.17, 15) is 9.59 Å². The normalized spacial score (nSPS) is 10.8. The molecule has 2 rings (SSSR count). The summed E-state index contributed by atoms with van der Waals surface area (Å²) in [5, 5.41) is 4.12. The van der Waals surface area contributed by atoms with Gasteiger partial charge in [-0.15, -0.1) is 0 Å². The lowest BCUT2D eigenvalue weighted by Crippen LogP contribution is -2.31. The van der Waals surface area contributed by atoms with Gasteiger partial charge in [0.05, 0.1) is 6.33 Å². The van der Waals surface area contributed by atoms with Crippen molar-refractivity contribution in [2.45, 2.75) is 13.5 Å². The van der Waals surface area contributed by atoms with E-state index in [2.05, 4.69) is 16.7 Å². The lowest BCUT2D eigenvalue weighted by molar-refractivity contribution is -0.118. The third-order valence-corrected chi connectivity index (χ3v) is 2.53. The Bertz CT molecular complexity index is 710. The molecule has 0 aliphatic rings. The number of rotatable bonds is 3. The zero-order valence-corrected chi connectivity index (χ0v) is 10.2. The first-order valence-corrected chi connectivity index (χ1v) is 5.28. The maximum absolute atomic E-state index is 12.0. The SMILES string of the molecule is C=C(C)c1nn(CC(N)=O)c(=O)c2ncn(C)c12. The van der Waals surface area contributed by atoms with Gasteiger partial charge in [0.15, 0.2) is 5.52 Å². The fourth-order valence-electron chi connectivity index (χ4n) is 1.74. The molecule has 7 nitrogen and oxygen atoms in total. The maximum Gasteiger partial charge on any atom is 0.295 e. The van der Waals surface area contributed by atoms with Crippen LogP contribution in [0.2, 0.25) is 0 Å². The monoisotopic (exact) mass is 247 g/mol. The number of primary amides is 1. The molecule has 0 aliphatic heterocycles. The summed E-state index contributed by atoms with van der Waals surface area (Å²) in [6.45, 7) is 5.31. The Morgan fingerprint density at radius 1 is 1.56 bits per heavy atom. The van der Waals surface area contributed by atoms with Gasteiger partial charge in [0, 0.05) is 7.05 Å². The van der Waals surface area contributed by atoms with E-state index in [1.807, 2.05) is 0 Å². The van der Waals surface area contributed by atoms with E-state index in [0.29, 0.717) is 16.8 Å². The van der Waals surface area contributed by atoms with Gasteiger partial charge in [-0.1, -0.05) is 6.58 Å². The summed E-state index contributed by atoms with van der Waals surface area (Å²) in [6.07, 6.45) is 1.52. The predicted octanol–water partition coefficient (Wildman–Crippen LogP) is -0.352. The Morgan fingerprint density at radius 3 is 2.78 bits per heavy atom. The van der Waals surface area contributed by atoms with Crippen molar-refractivity contribution in [1.29, 1.82) is 0 Å². The van der Waals surface area contributed by atoms with Crippen LogP contribution >= 0.6 is 0 Å². The van der Waals surface area contributed by atoms with E-state index in [4.69, 9.17) is 5.73 Å². The lowest BCUT2D eigenvalue weighted by atomic mass is 10.2. The fourth-order valence-corrected chi connectivity index (χ4v) is 1.74. The highest BCUT2D eigenvalue weighted by molar-refractivity contribution is 5.85. The second kappa shape index (κ2) is 4.10. The number of aryl methyl sites for hydroxylation is 1. The number of carbonyl (C=O) groups excluding carboxylic acids is 1. The molecule has 0 bridgehead atoms. The smallest absolute Gasteiger partial charge is 0.295 e. The topological polar surface area (TPSA) is 95.8 Å². The summed E-state index contributed by atoms with van der Waals surface area (Å²) < 4.78 is 2.71. The number of nitrogens with two attached hydrogens (primary N) is 1. The molecule has 2 aromatic heterocycles. The van der Waals surface area contributed by atoms with Gasteiger partial charge in [0.2, 0.25) is 5.91 Å². The number of amides is 1. The van der Waals surface area contributed by atoms with Crippen LogP contribution in [0.5, 0.6) is 0 Å². The molecule has 2 N–H and O–H groups in total. The quantitative estimate of drug-likeness (QED) is 0.801. The average molecular weight is 247 g/mol. The molecule has 0 saturated heterocycles. The van der Waals surface area contributed by atoms with Crippen molar-refractivity contribution in [3.63, 3.8) is 0 Å². The number of allylic oxidation sites excluding steroid dienone is 1. The van der Waals surface area contributed by atoms with Crippen LogP contribution in [0.25, 0.3) is 16.6 Å². The summed E-state index contributed by atoms with van der Waals surface area (Å²) in [4.78, 5) is 27.0. The molecular formula is C11H13N5O2. The van der Waals surface area contributed by atoms with Crippen LogP contribution in [-0.2, 0) is 18.4 Å². The van der Waals surface area contributed by atoms with Crippen molar-refractivity contribution in [1.82, 2.24) is 19.3 Å². The Kier molecular flexibility index (Phi) is 2.74. The Hall–Kier alpha value is -2.44. The van der Waals surface area contributed by atoms with Gasteiger partial charge in [0.1, 0.15) is 17.8 Å². The molecule has 7 heteroatoms. The zero-order chi connectivity index (χ0) is 13.4. The molecule has 18 heavy (non-hydrogen) atoms. The standard InChI is InChI=1S/C11H13N5O2/c1-6(2)8-10-9(13-5-15(10)3)11(18)16(14-8)4-7(12)17/h5H,1,4H2,2-3H3,(H2,12,17). The van der Waals surface area contributed by atoms with Crippen molar-refractivity contribution < 1.29 is 4.79 Å². The molecule has 2 heterocycles. The third kappa shape index (κ3) is 1.79. The van der Waals surface area contributed by atoms with Gasteiger partial charge in [-0.25, -0.2) is 9.67 Å². The average Bonchev–Trinajstić information content (AvgIpc) is 2.64. The van der Waals surface area contributed by atoms with E-state index in [-0.39, 0.29) is 12.1 Å². The fraction of sp³-hybridized carbons (Fsp3) is 0.273. The molecule has 0 fully saturated rings. The van der Waals surface area contributed by atoms with E-state index in [1.165, 1.54) is 6.33 Å². The highest BCUT2D eigenvalue weighted by atomic mass is 16.2. The van der Waals surface area contributed by atoms with Gasteiger partial charge in [-0.3, -0.25) is 9.59 Å². The second-order valence-electron chi connectivity index (χ2n) is 4.11. The summed E-state index contributed by atoms with van der Waals surface area (Å²) in [5.74, 6) is -0.632. The number of aromatic nitrogens is 4. The van der Waals surface area contributed by atoms with Crippen molar-refractivity contribution in [2.24, 2.45) is 12.8 Å². The van der Waals surface area contributed by atoms with Crippen LogP contribution in [0.1, 0.15) is 12.6 Å². The van der Waals surface area contributed by atoms with Gasteiger partial charge in [-0.2, -0.15) is 5.10 Å². The minimum Gasteiger partial charge on any atom is -0.368 e. The van der Waals surface area contributed by atoms with Crippen LogP contribution in [0.4, 0.5) is 0 Å². The summed E-state index contributed by atoms with van der Waals surface area (Å²) >= 11 is 0. The van der Waals surface area contributed by atoms with Crippen LogP contribution in [0, 0.1) is 0 Å². The summed E-state index contributed by atoms with van der Waals surface area (Å²) in [7, 11) is 1.77. The number of hydrogen-bond donors (Lipinski definition) is 1. The van der Waals surface area contributed by atoms with Crippen molar-refractivity contribution in [3.8, 4) is 0 Å².